The fraction of sp³-hybridized carbons (Fsp3) is 0.481. The predicted octanol–water partition coefficient (Wildman–Crippen LogP) is 4.05. The first-order chi connectivity index (χ1) is 17.4. The van der Waals surface area contributed by atoms with Crippen LogP contribution < -0.4 is 9.62 Å². The molecule has 0 heterocycles. The van der Waals surface area contributed by atoms with Crippen molar-refractivity contribution in [2.75, 3.05) is 24.9 Å². The molecule has 3 rings (SSSR count). The lowest BCUT2D eigenvalue weighted by Crippen LogP contribution is -2.53. The Morgan fingerprint density at radius 1 is 1.08 bits per heavy atom. The van der Waals surface area contributed by atoms with Crippen LogP contribution in [0.2, 0.25) is 5.02 Å². The number of amides is 2. The van der Waals surface area contributed by atoms with Crippen LogP contribution in [0.1, 0.15) is 49.3 Å². The van der Waals surface area contributed by atoms with E-state index >= 15 is 0 Å². The van der Waals surface area contributed by atoms with Gasteiger partial charge < -0.3 is 10.2 Å². The second-order valence-electron chi connectivity index (χ2n) is 9.87. The molecule has 0 saturated heterocycles. The quantitative estimate of drug-likeness (QED) is 0.485. The molecule has 8 nitrogen and oxygen atoms in total. The van der Waals surface area contributed by atoms with Crippen molar-refractivity contribution in [1.29, 1.82) is 0 Å². The first-order valence-corrected chi connectivity index (χ1v) is 14.3. The van der Waals surface area contributed by atoms with Crippen molar-refractivity contribution in [1.82, 2.24) is 14.5 Å². The zero-order chi connectivity index (χ0) is 27.3. The number of anilines is 1. The average Bonchev–Trinajstić information content (AvgIpc) is 3.36. The van der Waals surface area contributed by atoms with E-state index in [4.69, 9.17) is 11.6 Å². The van der Waals surface area contributed by atoms with E-state index in [0.717, 1.165) is 39.9 Å². The van der Waals surface area contributed by atoms with Gasteiger partial charge in [-0.1, -0.05) is 54.8 Å². The molecule has 0 spiro atoms. The molecule has 0 aliphatic heterocycles. The molecule has 1 N–H and O–H groups in total. The zero-order valence-corrected chi connectivity index (χ0v) is 23.8. The summed E-state index contributed by atoms with van der Waals surface area (Å²) in [5.74, 6) is -0.763. The fourth-order valence-electron chi connectivity index (χ4n) is 4.47. The monoisotopic (exact) mass is 548 g/mol. The minimum atomic E-state index is -4.01. The van der Waals surface area contributed by atoms with Crippen LogP contribution in [0.25, 0.3) is 0 Å². The molecule has 1 fully saturated rings. The van der Waals surface area contributed by atoms with Crippen molar-refractivity contribution in [2.45, 2.75) is 65.1 Å². The third-order valence-electron chi connectivity index (χ3n) is 6.82. The van der Waals surface area contributed by atoms with Crippen LogP contribution in [0.15, 0.2) is 42.5 Å². The highest BCUT2D eigenvalue weighted by molar-refractivity contribution is 7.90. The molecule has 0 aromatic heterocycles. The molecule has 2 amide bonds. The molecule has 1 unspecified atom stereocenters. The molecule has 37 heavy (non-hydrogen) atoms. The van der Waals surface area contributed by atoms with Gasteiger partial charge in [-0.05, 0) is 62.4 Å². The third-order valence-corrected chi connectivity index (χ3v) is 8.99. The third kappa shape index (κ3) is 7.03. The van der Waals surface area contributed by atoms with Crippen molar-refractivity contribution in [3.8, 4) is 0 Å². The highest BCUT2D eigenvalue weighted by atomic mass is 35.5. The molecule has 202 valence electrons. The molecule has 2 aromatic rings. The first-order valence-electron chi connectivity index (χ1n) is 12.5. The Hall–Kier alpha value is -2.62. The van der Waals surface area contributed by atoms with E-state index in [0.29, 0.717) is 21.8 Å². The SMILES string of the molecule is Cc1ccc(C)c(N(CC(=O)N(Cc2ccccc2Cl)C(C)C(=O)NC2CCCC2)S(=O)(=O)N(C)C)c1. The summed E-state index contributed by atoms with van der Waals surface area (Å²) >= 11 is 6.40. The van der Waals surface area contributed by atoms with Gasteiger partial charge in [-0.25, -0.2) is 4.31 Å². The topological polar surface area (TPSA) is 90.0 Å². The van der Waals surface area contributed by atoms with Crippen LogP contribution in [0, 0.1) is 13.8 Å². The van der Waals surface area contributed by atoms with Crippen molar-refractivity contribution in [3.63, 3.8) is 0 Å². The molecule has 0 radical (unpaired) electrons. The smallest absolute Gasteiger partial charge is 0.304 e. The number of aryl methyl sites for hydroxylation is 2. The number of halogens is 1. The highest BCUT2D eigenvalue weighted by Crippen LogP contribution is 2.27. The van der Waals surface area contributed by atoms with Crippen molar-refractivity contribution < 1.29 is 18.0 Å². The molecule has 10 heteroatoms. The van der Waals surface area contributed by atoms with Crippen molar-refractivity contribution >= 4 is 39.3 Å². The van der Waals surface area contributed by atoms with Crippen LogP contribution in [0.5, 0.6) is 0 Å². The number of hydrogen-bond acceptors (Lipinski definition) is 4. The largest absolute Gasteiger partial charge is 0.352 e. The number of hydrogen-bond donors (Lipinski definition) is 1. The molecule has 0 bridgehead atoms. The molecule has 1 atom stereocenters. The van der Waals surface area contributed by atoms with Gasteiger partial charge in [0.05, 0.1) is 5.69 Å². The van der Waals surface area contributed by atoms with E-state index in [-0.39, 0.29) is 18.5 Å². The number of carbonyl (C=O) groups is 2. The van der Waals surface area contributed by atoms with Gasteiger partial charge in [0.1, 0.15) is 12.6 Å². The van der Waals surface area contributed by atoms with Gasteiger partial charge in [0, 0.05) is 31.7 Å². The molecular weight excluding hydrogens is 512 g/mol. The lowest BCUT2D eigenvalue weighted by atomic mass is 10.1. The molecule has 1 saturated carbocycles. The molecule has 1 aliphatic carbocycles. The number of carbonyl (C=O) groups excluding carboxylic acids is 2. The summed E-state index contributed by atoms with van der Waals surface area (Å²) in [6, 6.07) is 11.8. The van der Waals surface area contributed by atoms with Crippen LogP contribution in [0.3, 0.4) is 0 Å². The van der Waals surface area contributed by atoms with Gasteiger partial charge in [0.2, 0.25) is 11.8 Å². The Morgan fingerprint density at radius 3 is 2.35 bits per heavy atom. The van der Waals surface area contributed by atoms with Gasteiger partial charge in [-0.3, -0.25) is 9.59 Å². The Bertz CT molecular complexity index is 1230. The highest BCUT2D eigenvalue weighted by Gasteiger charge is 2.34. The van der Waals surface area contributed by atoms with E-state index in [9.17, 15) is 18.0 Å². The van der Waals surface area contributed by atoms with Gasteiger partial charge in [-0.2, -0.15) is 12.7 Å². The number of nitrogens with zero attached hydrogens (tertiary/aromatic N) is 3. The lowest BCUT2D eigenvalue weighted by Gasteiger charge is -2.34. The summed E-state index contributed by atoms with van der Waals surface area (Å²) in [7, 11) is -1.16. The van der Waals surface area contributed by atoms with Crippen molar-refractivity contribution in [2.24, 2.45) is 0 Å². The van der Waals surface area contributed by atoms with E-state index in [2.05, 4.69) is 5.32 Å². The fourth-order valence-corrected chi connectivity index (χ4v) is 5.78. The summed E-state index contributed by atoms with van der Waals surface area (Å²) in [5, 5.41) is 3.53. The van der Waals surface area contributed by atoms with E-state index in [1.54, 1.807) is 38.1 Å². The van der Waals surface area contributed by atoms with Gasteiger partial charge in [0.15, 0.2) is 0 Å². The van der Waals surface area contributed by atoms with Crippen LogP contribution in [-0.4, -0.2) is 62.2 Å². The number of rotatable bonds is 10. The van der Waals surface area contributed by atoms with E-state index in [1.165, 1.54) is 19.0 Å². The van der Waals surface area contributed by atoms with Crippen molar-refractivity contribution in [3.05, 3.63) is 64.2 Å². The lowest BCUT2D eigenvalue weighted by molar-refractivity contribution is -0.139. The Balaban J connectivity index is 1.97. The number of benzene rings is 2. The van der Waals surface area contributed by atoms with Crippen LogP contribution in [-0.2, 0) is 26.3 Å². The second-order valence-corrected chi connectivity index (χ2v) is 12.3. The molecule has 1 aliphatic rings. The molecular formula is C27H37ClN4O4S. The average molecular weight is 549 g/mol. The van der Waals surface area contributed by atoms with Gasteiger partial charge >= 0.3 is 10.2 Å². The number of nitrogens with one attached hydrogen (secondary N) is 1. The Labute approximate surface area is 225 Å². The van der Waals surface area contributed by atoms with E-state index < -0.39 is 28.7 Å². The van der Waals surface area contributed by atoms with Gasteiger partial charge in [-0.15, -0.1) is 0 Å². The summed E-state index contributed by atoms with van der Waals surface area (Å²) in [4.78, 5) is 28.5. The Morgan fingerprint density at radius 2 is 1.73 bits per heavy atom. The maximum Gasteiger partial charge on any atom is 0.304 e. The summed E-state index contributed by atoms with van der Waals surface area (Å²) in [5.41, 5.74) is 2.67. The first kappa shape index (κ1) is 28.9. The zero-order valence-electron chi connectivity index (χ0n) is 22.2. The summed E-state index contributed by atoms with van der Waals surface area (Å²) in [6.45, 7) is 4.94. The molecule has 2 aromatic carbocycles. The standard InChI is InChI=1S/C27H37ClN4O4S/c1-19-14-15-20(2)25(16-19)32(37(35,36)30(4)5)18-26(33)31(17-22-10-6-9-13-24(22)28)21(3)27(34)29-23-11-7-8-12-23/h6,9-10,13-16,21,23H,7-8,11-12,17-18H2,1-5H3,(H,29,34). The second kappa shape index (κ2) is 12.3. The summed E-state index contributed by atoms with van der Waals surface area (Å²) in [6.07, 6.45) is 3.96. The van der Waals surface area contributed by atoms with Gasteiger partial charge in [0.25, 0.3) is 0 Å². The minimum Gasteiger partial charge on any atom is -0.352 e. The maximum absolute atomic E-state index is 13.9. The maximum atomic E-state index is 13.9. The Kier molecular flexibility index (Phi) is 9.61. The van der Waals surface area contributed by atoms with E-state index in [1.807, 2.05) is 25.1 Å². The van der Waals surface area contributed by atoms with Crippen LogP contribution in [0.4, 0.5) is 5.69 Å². The van der Waals surface area contributed by atoms with Crippen LogP contribution >= 0.6 is 11.6 Å². The normalized spacial score (nSPS) is 15.0. The summed E-state index contributed by atoms with van der Waals surface area (Å²) < 4.78 is 28.9. The predicted molar refractivity (Wildman–Crippen MR) is 148 cm³/mol. The minimum absolute atomic E-state index is 0.0699.